The van der Waals surface area contributed by atoms with Crippen LogP contribution in [0, 0.1) is 11.8 Å². The van der Waals surface area contributed by atoms with Gasteiger partial charge in [0.15, 0.2) is 0 Å². The van der Waals surface area contributed by atoms with Crippen LogP contribution in [0.2, 0.25) is 0 Å². The smallest absolute Gasteiger partial charge is 0.229 e. The highest BCUT2D eigenvalue weighted by Crippen LogP contribution is 2.24. The van der Waals surface area contributed by atoms with E-state index in [0.717, 1.165) is 0 Å². The highest BCUT2D eigenvalue weighted by molar-refractivity contribution is 5.94. The predicted octanol–water partition coefficient (Wildman–Crippen LogP) is 2.13. The van der Waals surface area contributed by atoms with Crippen LogP contribution in [-0.2, 0) is 4.79 Å². The zero-order valence-corrected chi connectivity index (χ0v) is 11.5. The summed E-state index contributed by atoms with van der Waals surface area (Å²) < 4.78 is 5.22. The summed E-state index contributed by atoms with van der Waals surface area (Å²) in [6.07, 6.45) is 0. The summed E-state index contributed by atoms with van der Waals surface area (Å²) in [4.78, 5) is 12.2. The Bertz CT molecular complexity index is 391. The third-order valence-electron chi connectivity index (χ3n) is 2.93. The molecule has 0 saturated carbocycles. The zero-order chi connectivity index (χ0) is 13.5. The van der Waals surface area contributed by atoms with Gasteiger partial charge in [-0.25, -0.2) is 0 Å². The van der Waals surface area contributed by atoms with Crippen molar-refractivity contribution < 1.29 is 9.53 Å². The molecule has 0 fully saturated rings. The lowest BCUT2D eigenvalue weighted by Gasteiger charge is -2.20. The SMILES string of the molecule is CNCC(C(=O)Nc1ccccc1OC)C(C)C. The van der Waals surface area contributed by atoms with Gasteiger partial charge in [-0.05, 0) is 25.1 Å². The van der Waals surface area contributed by atoms with Crippen LogP contribution in [-0.4, -0.2) is 26.6 Å². The predicted molar refractivity (Wildman–Crippen MR) is 73.9 cm³/mol. The van der Waals surface area contributed by atoms with Gasteiger partial charge in [0, 0.05) is 6.54 Å². The van der Waals surface area contributed by atoms with Crippen LogP contribution >= 0.6 is 0 Å². The van der Waals surface area contributed by atoms with Gasteiger partial charge in [-0.2, -0.15) is 0 Å². The minimum Gasteiger partial charge on any atom is -0.495 e. The van der Waals surface area contributed by atoms with Crippen LogP contribution in [0.5, 0.6) is 5.75 Å². The second-order valence-electron chi connectivity index (χ2n) is 4.60. The van der Waals surface area contributed by atoms with Gasteiger partial charge < -0.3 is 15.4 Å². The lowest BCUT2D eigenvalue weighted by molar-refractivity contribution is -0.120. The van der Waals surface area contributed by atoms with E-state index in [0.29, 0.717) is 18.0 Å². The van der Waals surface area contributed by atoms with Gasteiger partial charge in [-0.1, -0.05) is 26.0 Å². The van der Waals surface area contributed by atoms with Crippen LogP contribution in [0.3, 0.4) is 0 Å². The third kappa shape index (κ3) is 3.74. The Balaban J connectivity index is 2.79. The Labute approximate surface area is 109 Å². The first-order chi connectivity index (χ1) is 8.60. The van der Waals surface area contributed by atoms with Gasteiger partial charge in [0.1, 0.15) is 5.75 Å². The van der Waals surface area contributed by atoms with Crippen LogP contribution in [0.25, 0.3) is 0 Å². The van der Waals surface area contributed by atoms with Crippen LogP contribution in [0.1, 0.15) is 13.8 Å². The molecule has 0 saturated heterocycles. The van der Waals surface area contributed by atoms with E-state index in [9.17, 15) is 4.79 Å². The molecule has 1 aromatic rings. The molecule has 0 aliphatic heterocycles. The molecule has 0 spiro atoms. The van der Waals surface area contributed by atoms with Crippen molar-refractivity contribution in [2.45, 2.75) is 13.8 Å². The fourth-order valence-electron chi connectivity index (χ4n) is 1.82. The lowest BCUT2D eigenvalue weighted by Crippen LogP contribution is -2.34. The molecule has 1 atom stereocenters. The quantitative estimate of drug-likeness (QED) is 0.813. The highest BCUT2D eigenvalue weighted by Gasteiger charge is 2.22. The first kappa shape index (κ1) is 14.5. The zero-order valence-electron chi connectivity index (χ0n) is 11.5. The van der Waals surface area contributed by atoms with Crippen molar-refractivity contribution in [2.24, 2.45) is 11.8 Å². The standard InChI is InChI=1S/C14H22N2O2/c1-10(2)11(9-15-3)14(17)16-12-7-5-6-8-13(12)18-4/h5-8,10-11,15H,9H2,1-4H3,(H,16,17). The number of anilines is 1. The van der Waals surface area contributed by atoms with E-state index in [4.69, 9.17) is 4.74 Å². The van der Waals surface area contributed by atoms with Gasteiger partial charge in [0.05, 0.1) is 18.7 Å². The highest BCUT2D eigenvalue weighted by atomic mass is 16.5. The molecule has 0 heterocycles. The van der Waals surface area contributed by atoms with E-state index < -0.39 is 0 Å². The van der Waals surface area contributed by atoms with E-state index >= 15 is 0 Å². The number of rotatable bonds is 6. The van der Waals surface area contributed by atoms with Crippen molar-refractivity contribution in [2.75, 3.05) is 26.0 Å². The first-order valence-electron chi connectivity index (χ1n) is 6.18. The van der Waals surface area contributed by atoms with Gasteiger partial charge in [0.2, 0.25) is 5.91 Å². The molecule has 4 nitrogen and oxygen atoms in total. The lowest BCUT2D eigenvalue weighted by atomic mass is 9.95. The van der Waals surface area contributed by atoms with Crippen molar-refractivity contribution in [3.8, 4) is 5.75 Å². The molecule has 0 aromatic heterocycles. The number of benzene rings is 1. The van der Waals surface area contributed by atoms with E-state index in [2.05, 4.69) is 10.6 Å². The molecule has 0 radical (unpaired) electrons. The Morgan fingerprint density at radius 2 is 2.00 bits per heavy atom. The summed E-state index contributed by atoms with van der Waals surface area (Å²) in [5, 5.41) is 5.98. The molecule has 1 rings (SSSR count). The monoisotopic (exact) mass is 250 g/mol. The van der Waals surface area contributed by atoms with E-state index in [1.165, 1.54) is 0 Å². The molecule has 1 aromatic carbocycles. The summed E-state index contributed by atoms with van der Waals surface area (Å²) in [6.45, 7) is 4.76. The average Bonchev–Trinajstić information content (AvgIpc) is 2.36. The number of hydrogen-bond acceptors (Lipinski definition) is 3. The largest absolute Gasteiger partial charge is 0.495 e. The van der Waals surface area contributed by atoms with Crippen molar-refractivity contribution in [3.05, 3.63) is 24.3 Å². The van der Waals surface area contributed by atoms with E-state index in [1.807, 2.05) is 45.2 Å². The van der Waals surface area contributed by atoms with Crippen molar-refractivity contribution in [1.29, 1.82) is 0 Å². The van der Waals surface area contributed by atoms with Crippen LogP contribution in [0.15, 0.2) is 24.3 Å². The molecule has 0 aliphatic rings. The molecule has 1 amide bonds. The molecular formula is C14H22N2O2. The number of carbonyl (C=O) groups excluding carboxylic acids is 1. The fourth-order valence-corrected chi connectivity index (χ4v) is 1.82. The Hall–Kier alpha value is -1.55. The molecule has 0 aliphatic carbocycles. The Morgan fingerprint density at radius 1 is 1.33 bits per heavy atom. The summed E-state index contributed by atoms with van der Waals surface area (Å²) >= 11 is 0. The Morgan fingerprint density at radius 3 is 2.56 bits per heavy atom. The fraction of sp³-hybridized carbons (Fsp3) is 0.500. The van der Waals surface area contributed by atoms with Gasteiger partial charge in [0.25, 0.3) is 0 Å². The summed E-state index contributed by atoms with van der Waals surface area (Å²) in [7, 11) is 3.45. The second-order valence-corrected chi connectivity index (χ2v) is 4.60. The maximum Gasteiger partial charge on any atom is 0.229 e. The molecule has 0 bridgehead atoms. The maximum absolute atomic E-state index is 12.2. The van der Waals surface area contributed by atoms with Crippen LogP contribution in [0.4, 0.5) is 5.69 Å². The molecule has 100 valence electrons. The van der Waals surface area contributed by atoms with E-state index in [1.54, 1.807) is 7.11 Å². The van der Waals surface area contributed by atoms with Crippen molar-refractivity contribution in [1.82, 2.24) is 5.32 Å². The average molecular weight is 250 g/mol. The molecule has 4 heteroatoms. The van der Waals surface area contributed by atoms with Gasteiger partial charge in [-0.15, -0.1) is 0 Å². The number of nitrogens with one attached hydrogen (secondary N) is 2. The minimum atomic E-state index is -0.0556. The molecular weight excluding hydrogens is 228 g/mol. The maximum atomic E-state index is 12.2. The summed E-state index contributed by atoms with van der Waals surface area (Å²) in [5.41, 5.74) is 0.715. The topological polar surface area (TPSA) is 50.4 Å². The molecule has 1 unspecified atom stereocenters. The summed E-state index contributed by atoms with van der Waals surface area (Å²) in [5.74, 6) is 0.925. The number of para-hydroxylation sites is 2. The number of carbonyl (C=O) groups is 1. The van der Waals surface area contributed by atoms with Crippen molar-refractivity contribution in [3.63, 3.8) is 0 Å². The minimum absolute atomic E-state index is 0.0175. The number of amides is 1. The van der Waals surface area contributed by atoms with Gasteiger partial charge in [-0.3, -0.25) is 4.79 Å². The van der Waals surface area contributed by atoms with E-state index in [-0.39, 0.29) is 17.7 Å². The number of methoxy groups -OCH3 is 1. The molecule has 2 N–H and O–H groups in total. The first-order valence-corrected chi connectivity index (χ1v) is 6.18. The summed E-state index contributed by atoms with van der Waals surface area (Å²) in [6, 6.07) is 7.42. The normalized spacial score (nSPS) is 12.3. The third-order valence-corrected chi connectivity index (χ3v) is 2.93. The number of ether oxygens (including phenoxy) is 1. The second kappa shape index (κ2) is 7.01. The molecule has 18 heavy (non-hydrogen) atoms. The Kier molecular flexibility index (Phi) is 5.65. The van der Waals surface area contributed by atoms with Crippen LogP contribution < -0.4 is 15.4 Å². The van der Waals surface area contributed by atoms with Gasteiger partial charge >= 0.3 is 0 Å². The van der Waals surface area contributed by atoms with Crippen molar-refractivity contribution >= 4 is 11.6 Å². The number of hydrogen-bond donors (Lipinski definition) is 2.